The van der Waals surface area contributed by atoms with E-state index in [9.17, 15) is 9.59 Å². The fourth-order valence-electron chi connectivity index (χ4n) is 2.81. The molecule has 0 radical (unpaired) electrons. The van der Waals surface area contributed by atoms with Crippen LogP contribution >= 0.6 is 0 Å². The van der Waals surface area contributed by atoms with Crippen molar-refractivity contribution in [1.82, 2.24) is 5.32 Å². The molecule has 1 amide bonds. The molecule has 0 fully saturated rings. The van der Waals surface area contributed by atoms with Crippen molar-refractivity contribution in [2.45, 2.75) is 78.7 Å². The van der Waals surface area contributed by atoms with Gasteiger partial charge < -0.3 is 5.32 Å². The number of unbranched alkanes of at least 4 members (excludes halogenated alkanes) is 2. The van der Waals surface area contributed by atoms with Crippen molar-refractivity contribution in [2.75, 3.05) is 0 Å². The molecule has 1 N–H and O–H groups in total. The maximum absolute atomic E-state index is 11.8. The second-order valence-electron chi connectivity index (χ2n) is 7.36. The number of amides is 1. The number of hydrogen-bond acceptors (Lipinski definition) is 4. The highest BCUT2D eigenvalue weighted by atomic mass is 16.1. The van der Waals surface area contributed by atoms with Gasteiger partial charge in [0.2, 0.25) is 5.91 Å². The summed E-state index contributed by atoms with van der Waals surface area (Å²) in [5, 5.41) is 10.9. The molecule has 1 heterocycles. The first-order valence-corrected chi connectivity index (χ1v) is 10.4. The molecular formula is C24H33N3O2. The number of rotatable bonds is 8. The van der Waals surface area contributed by atoms with E-state index in [-0.39, 0.29) is 17.7 Å². The van der Waals surface area contributed by atoms with Crippen molar-refractivity contribution in [3.8, 4) is 6.07 Å². The van der Waals surface area contributed by atoms with Crippen LogP contribution in [0.3, 0.4) is 0 Å². The minimum absolute atomic E-state index is 0.00255. The van der Waals surface area contributed by atoms with Gasteiger partial charge in [0.15, 0.2) is 5.78 Å². The van der Waals surface area contributed by atoms with Crippen molar-refractivity contribution in [3.63, 3.8) is 0 Å². The van der Waals surface area contributed by atoms with E-state index in [0.29, 0.717) is 19.3 Å². The van der Waals surface area contributed by atoms with Crippen LogP contribution in [-0.2, 0) is 9.59 Å². The minimum atomic E-state index is -0.0163. The van der Waals surface area contributed by atoms with E-state index in [4.69, 9.17) is 5.26 Å². The van der Waals surface area contributed by atoms with Crippen molar-refractivity contribution >= 4 is 23.1 Å². The first-order valence-electron chi connectivity index (χ1n) is 10.4. The van der Waals surface area contributed by atoms with Crippen molar-refractivity contribution in [3.05, 3.63) is 41.5 Å². The molecule has 0 aliphatic carbocycles. The molecule has 1 atom stereocenters. The number of carbonyl (C=O) groups is 2. The molecule has 0 saturated carbocycles. The molecule has 0 aromatic heterocycles. The summed E-state index contributed by atoms with van der Waals surface area (Å²) in [6, 6.07) is 10.1. The second kappa shape index (κ2) is 13.4. The molecule has 1 unspecified atom stereocenters. The van der Waals surface area contributed by atoms with Crippen molar-refractivity contribution in [2.24, 2.45) is 4.99 Å². The number of aryl methyl sites for hydroxylation is 1. The fraction of sp³-hybridized carbons (Fsp3) is 0.500. The molecule has 1 aromatic rings. The zero-order valence-electron chi connectivity index (χ0n) is 18.1. The average molecular weight is 396 g/mol. The SMILES string of the molecule is CCC(=O)NC(C)CC#N.CCCCCC1=NC(c2ccc(C)cc2)=CC(=O)C1. The summed E-state index contributed by atoms with van der Waals surface area (Å²) in [6.07, 6.45) is 7.51. The molecule has 1 aliphatic heterocycles. The van der Waals surface area contributed by atoms with Crippen LogP contribution in [0.4, 0.5) is 0 Å². The third-order valence-corrected chi connectivity index (χ3v) is 4.50. The number of nitrogens with one attached hydrogen (secondary N) is 1. The van der Waals surface area contributed by atoms with Gasteiger partial charge in [-0.05, 0) is 26.7 Å². The molecule has 2 rings (SSSR count). The molecule has 5 nitrogen and oxygen atoms in total. The number of aliphatic imine (C=N–C) groups is 1. The Morgan fingerprint density at radius 1 is 1.24 bits per heavy atom. The van der Waals surface area contributed by atoms with Crippen LogP contribution in [0, 0.1) is 18.3 Å². The van der Waals surface area contributed by atoms with Gasteiger partial charge in [-0.3, -0.25) is 14.6 Å². The Kier molecular flexibility index (Phi) is 11.3. The summed E-state index contributed by atoms with van der Waals surface area (Å²) in [4.78, 5) is 27.1. The predicted octanol–water partition coefficient (Wildman–Crippen LogP) is 5.14. The van der Waals surface area contributed by atoms with E-state index in [2.05, 4.69) is 36.3 Å². The Hall–Kier alpha value is -2.74. The van der Waals surface area contributed by atoms with Crippen LogP contribution in [-0.4, -0.2) is 23.4 Å². The van der Waals surface area contributed by atoms with Gasteiger partial charge in [0.25, 0.3) is 0 Å². The zero-order chi connectivity index (χ0) is 21.6. The molecule has 156 valence electrons. The van der Waals surface area contributed by atoms with Crippen LogP contribution < -0.4 is 5.32 Å². The summed E-state index contributed by atoms with van der Waals surface area (Å²) in [6.45, 7) is 7.85. The summed E-state index contributed by atoms with van der Waals surface area (Å²) in [5.41, 5.74) is 4.12. The van der Waals surface area contributed by atoms with Gasteiger partial charge >= 0.3 is 0 Å². The van der Waals surface area contributed by atoms with Crippen molar-refractivity contribution < 1.29 is 9.59 Å². The van der Waals surface area contributed by atoms with Gasteiger partial charge in [0.1, 0.15) is 0 Å². The van der Waals surface area contributed by atoms with Crippen LogP contribution in [0.25, 0.3) is 5.70 Å². The Balaban J connectivity index is 0.000000359. The number of benzene rings is 1. The first kappa shape index (κ1) is 24.3. The highest BCUT2D eigenvalue weighted by Crippen LogP contribution is 2.22. The van der Waals surface area contributed by atoms with E-state index in [1.807, 2.05) is 25.1 Å². The van der Waals surface area contributed by atoms with E-state index >= 15 is 0 Å². The zero-order valence-corrected chi connectivity index (χ0v) is 18.1. The van der Waals surface area contributed by atoms with Crippen molar-refractivity contribution in [1.29, 1.82) is 5.26 Å². The highest BCUT2D eigenvalue weighted by Gasteiger charge is 2.14. The van der Waals surface area contributed by atoms with Gasteiger partial charge in [-0.25, -0.2) is 0 Å². The molecule has 1 aromatic carbocycles. The minimum Gasteiger partial charge on any atom is -0.353 e. The van der Waals surface area contributed by atoms with E-state index in [1.165, 1.54) is 18.4 Å². The highest BCUT2D eigenvalue weighted by molar-refractivity contribution is 6.14. The van der Waals surface area contributed by atoms with Gasteiger partial charge in [-0.1, -0.05) is 56.5 Å². The monoisotopic (exact) mass is 395 g/mol. The molecule has 0 saturated heterocycles. The maximum atomic E-state index is 11.8. The Morgan fingerprint density at radius 3 is 2.52 bits per heavy atom. The Labute approximate surface area is 174 Å². The first-order chi connectivity index (χ1) is 13.9. The smallest absolute Gasteiger partial charge is 0.219 e. The second-order valence-corrected chi connectivity index (χ2v) is 7.36. The predicted molar refractivity (Wildman–Crippen MR) is 118 cm³/mol. The van der Waals surface area contributed by atoms with Gasteiger partial charge in [0, 0.05) is 36.2 Å². The normalized spacial score (nSPS) is 14.0. The topological polar surface area (TPSA) is 82.3 Å². The standard InChI is InChI=1S/C17H21NO.C7H12N2O/c1-3-4-5-6-15-11-16(19)12-17(18-15)14-9-7-13(2)8-10-14;1-3-7(10)9-6(2)4-5-8/h7-10,12H,3-6,11H2,1-2H3;6H,3-4H2,1-2H3,(H,9,10). The van der Waals surface area contributed by atoms with E-state index < -0.39 is 0 Å². The number of carbonyl (C=O) groups excluding carboxylic acids is 2. The number of allylic oxidation sites excluding steroid dienone is 1. The molecule has 29 heavy (non-hydrogen) atoms. The average Bonchev–Trinajstić information content (AvgIpc) is 2.69. The summed E-state index contributed by atoms with van der Waals surface area (Å²) in [5.74, 6) is 0.180. The quantitative estimate of drug-likeness (QED) is 0.618. The summed E-state index contributed by atoms with van der Waals surface area (Å²) in [7, 11) is 0. The Morgan fingerprint density at radius 2 is 1.93 bits per heavy atom. The molecule has 5 heteroatoms. The molecule has 1 aliphatic rings. The molecule has 0 bridgehead atoms. The fourth-order valence-corrected chi connectivity index (χ4v) is 2.81. The van der Waals surface area contributed by atoms with Crippen LogP contribution in [0.5, 0.6) is 0 Å². The summed E-state index contributed by atoms with van der Waals surface area (Å²) >= 11 is 0. The maximum Gasteiger partial charge on any atom is 0.219 e. The summed E-state index contributed by atoms with van der Waals surface area (Å²) < 4.78 is 0. The van der Waals surface area contributed by atoms with Gasteiger partial charge in [-0.15, -0.1) is 0 Å². The van der Waals surface area contributed by atoms with Crippen LogP contribution in [0.2, 0.25) is 0 Å². The number of nitriles is 1. The lowest BCUT2D eigenvalue weighted by Gasteiger charge is -2.12. The lowest BCUT2D eigenvalue weighted by atomic mass is 10.0. The van der Waals surface area contributed by atoms with Crippen LogP contribution in [0.1, 0.15) is 76.8 Å². The number of nitrogens with zero attached hydrogens (tertiary/aromatic N) is 2. The van der Waals surface area contributed by atoms with Gasteiger partial charge in [0.05, 0.1) is 18.2 Å². The largest absolute Gasteiger partial charge is 0.353 e. The number of ketones is 1. The third-order valence-electron chi connectivity index (χ3n) is 4.50. The molecular weight excluding hydrogens is 362 g/mol. The lowest BCUT2D eigenvalue weighted by molar-refractivity contribution is -0.121. The van der Waals surface area contributed by atoms with Crippen LogP contribution in [0.15, 0.2) is 35.3 Å². The van der Waals surface area contributed by atoms with E-state index in [1.54, 1.807) is 13.0 Å². The van der Waals surface area contributed by atoms with E-state index in [0.717, 1.165) is 29.8 Å². The Bertz CT molecular complexity index is 770. The molecule has 0 spiro atoms. The number of hydrogen-bond donors (Lipinski definition) is 1. The third kappa shape index (κ3) is 9.84. The van der Waals surface area contributed by atoms with Gasteiger partial charge in [-0.2, -0.15) is 5.26 Å². The lowest BCUT2D eigenvalue weighted by Crippen LogP contribution is -2.31.